The van der Waals surface area contributed by atoms with E-state index in [2.05, 4.69) is 25.1 Å². The van der Waals surface area contributed by atoms with Crippen molar-refractivity contribution in [3.63, 3.8) is 0 Å². The van der Waals surface area contributed by atoms with Crippen molar-refractivity contribution in [3.8, 4) is 11.3 Å². The molecular weight excluding hydrogens is 460 g/mol. The van der Waals surface area contributed by atoms with Crippen LogP contribution >= 0.6 is 0 Å². The first-order chi connectivity index (χ1) is 17.6. The number of hydrogen-bond donors (Lipinski definition) is 2. The summed E-state index contributed by atoms with van der Waals surface area (Å²) < 4.78 is 29.3. The van der Waals surface area contributed by atoms with E-state index in [0.717, 1.165) is 30.9 Å². The Hall–Kier alpha value is -3.98. The molecule has 0 amide bonds. The van der Waals surface area contributed by atoms with Gasteiger partial charge in [0, 0.05) is 42.2 Å². The van der Waals surface area contributed by atoms with Gasteiger partial charge in [-0.25, -0.2) is 18.7 Å². The van der Waals surface area contributed by atoms with E-state index in [9.17, 15) is 8.78 Å². The fraction of sp³-hybridized carbons (Fsp3) is 0.259. The zero-order chi connectivity index (χ0) is 24.4. The molecule has 1 aliphatic carbocycles. The van der Waals surface area contributed by atoms with Crippen LogP contribution in [-0.2, 0) is 5.41 Å². The Balaban J connectivity index is 1.19. The number of H-pyrrole nitrogens is 1. The molecule has 0 bridgehead atoms. The van der Waals surface area contributed by atoms with Gasteiger partial charge in [-0.05, 0) is 48.1 Å². The minimum Gasteiger partial charge on any atom is -0.355 e. The Labute approximate surface area is 205 Å². The second-order valence-corrected chi connectivity index (χ2v) is 9.70. The number of nitrogens with two attached hydrogens (primary N) is 1. The van der Waals surface area contributed by atoms with Crippen LogP contribution in [0.4, 0.5) is 14.6 Å². The summed E-state index contributed by atoms with van der Waals surface area (Å²) in [5.74, 6) is 0.756. The number of anilines is 1. The van der Waals surface area contributed by atoms with Gasteiger partial charge in [0.05, 0.1) is 11.9 Å². The maximum Gasteiger partial charge on any atom is 0.202 e. The van der Waals surface area contributed by atoms with E-state index in [0.29, 0.717) is 45.8 Å². The minimum atomic E-state index is -0.402. The largest absolute Gasteiger partial charge is 0.355 e. The van der Waals surface area contributed by atoms with Gasteiger partial charge in [0.25, 0.3) is 0 Å². The Morgan fingerprint density at radius 2 is 1.92 bits per heavy atom. The lowest BCUT2D eigenvalue weighted by Gasteiger charge is -2.26. The van der Waals surface area contributed by atoms with Crippen LogP contribution in [-0.4, -0.2) is 44.8 Å². The van der Waals surface area contributed by atoms with Crippen LogP contribution in [0.5, 0.6) is 0 Å². The standard InChI is InChI=1S/C27H23F2N7/c28-20-6-2-1-5-18(20)27(14-30)17-7-9-36(13-19(17)27)22-12-32-25-24(34-35-26(25)33-22)16-10-15-4-3-8-31-23(15)21(29)11-16/h1-6,8,10-12,17,19H,7,9,13-14,30H2,(H,33,34,35)/t17-,19+,27-/m1/s1. The molecule has 180 valence electrons. The van der Waals surface area contributed by atoms with Gasteiger partial charge in [-0.2, -0.15) is 5.10 Å². The summed E-state index contributed by atoms with van der Waals surface area (Å²) in [6.45, 7) is 1.94. The topological polar surface area (TPSA) is 96.6 Å². The fourth-order valence-electron chi connectivity index (χ4n) is 6.27. The van der Waals surface area contributed by atoms with E-state index >= 15 is 0 Å². The highest BCUT2D eigenvalue weighted by Crippen LogP contribution is 2.63. The second-order valence-electron chi connectivity index (χ2n) is 9.70. The van der Waals surface area contributed by atoms with Crippen molar-refractivity contribution in [3.05, 3.63) is 78.1 Å². The van der Waals surface area contributed by atoms with Crippen LogP contribution in [0.2, 0.25) is 0 Å². The third-order valence-electron chi connectivity index (χ3n) is 8.06. The molecule has 2 aromatic carbocycles. The number of rotatable bonds is 4. The molecule has 2 fully saturated rings. The lowest BCUT2D eigenvalue weighted by Crippen LogP contribution is -2.32. The van der Waals surface area contributed by atoms with Crippen LogP contribution < -0.4 is 10.6 Å². The third kappa shape index (κ3) is 2.99. The monoisotopic (exact) mass is 483 g/mol. The molecule has 36 heavy (non-hydrogen) atoms. The van der Waals surface area contributed by atoms with Crippen molar-refractivity contribution in [1.82, 2.24) is 25.1 Å². The first kappa shape index (κ1) is 21.3. The van der Waals surface area contributed by atoms with Crippen molar-refractivity contribution < 1.29 is 8.78 Å². The summed E-state index contributed by atoms with van der Waals surface area (Å²) in [5, 5.41) is 8.04. The normalized spacial score (nSPS) is 23.2. The molecule has 2 aliphatic rings. The van der Waals surface area contributed by atoms with Crippen LogP contribution in [0.25, 0.3) is 33.3 Å². The van der Waals surface area contributed by atoms with E-state index in [1.807, 2.05) is 24.3 Å². The fourth-order valence-corrected chi connectivity index (χ4v) is 6.27. The average Bonchev–Trinajstić information content (AvgIpc) is 3.36. The predicted octanol–water partition coefficient (Wildman–Crippen LogP) is 4.20. The number of nitrogens with one attached hydrogen (secondary N) is 1. The molecule has 7 rings (SSSR count). The molecule has 5 aromatic rings. The first-order valence-corrected chi connectivity index (χ1v) is 12.1. The molecule has 3 atom stereocenters. The summed E-state index contributed by atoms with van der Waals surface area (Å²) in [6.07, 6.45) is 4.21. The maximum absolute atomic E-state index is 14.7. The Kier molecular flexibility index (Phi) is 4.59. The molecule has 3 aromatic heterocycles. The predicted molar refractivity (Wildman–Crippen MR) is 133 cm³/mol. The summed E-state index contributed by atoms with van der Waals surface area (Å²) in [7, 11) is 0. The van der Waals surface area contributed by atoms with Crippen molar-refractivity contribution >= 4 is 27.9 Å². The summed E-state index contributed by atoms with van der Waals surface area (Å²) >= 11 is 0. The number of aromatic nitrogens is 5. The van der Waals surface area contributed by atoms with Gasteiger partial charge in [0.15, 0.2) is 0 Å². The SMILES string of the molecule is NC[C@]1(c2ccccc2F)[C@@H]2CCN(c3cnc4c(-c5cc(F)c6ncccc6c5)[nH]nc4n3)C[C@@H]21. The van der Waals surface area contributed by atoms with Crippen LogP contribution in [0, 0.1) is 23.5 Å². The number of hydrogen-bond acceptors (Lipinski definition) is 6. The summed E-state index contributed by atoms with van der Waals surface area (Å²) in [5.41, 5.74) is 9.23. The number of piperidine rings is 1. The Morgan fingerprint density at radius 3 is 2.78 bits per heavy atom. The quantitative estimate of drug-likeness (QED) is 0.398. The molecule has 9 heteroatoms. The molecule has 1 saturated carbocycles. The highest BCUT2D eigenvalue weighted by molar-refractivity contribution is 5.92. The van der Waals surface area contributed by atoms with Gasteiger partial charge in [-0.3, -0.25) is 10.1 Å². The summed E-state index contributed by atoms with van der Waals surface area (Å²) in [4.78, 5) is 15.7. The lowest BCUT2D eigenvalue weighted by atomic mass is 9.91. The number of benzene rings is 2. The minimum absolute atomic E-state index is 0.185. The van der Waals surface area contributed by atoms with E-state index in [1.54, 1.807) is 24.5 Å². The number of nitrogens with zero attached hydrogens (tertiary/aromatic N) is 5. The van der Waals surface area contributed by atoms with Crippen molar-refractivity contribution in [2.24, 2.45) is 17.6 Å². The van der Waals surface area contributed by atoms with Crippen LogP contribution in [0.15, 0.2) is 60.9 Å². The van der Waals surface area contributed by atoms with Crippen molar-refractivity contribution in [2.75, 3.05) is 24.5 Å². The molecule has 0 spiro atoms. The Morgan fingerprint density at radius 1 is 1.03 bits per heavy atom. The summed E-state index contributed by atoms with van der Waals surface area (Å²) in [6, 6.07) is 13.9. The van der Waals surface area contributed by atoms with Gasteiger partial charge in [0.2, 0.25) is 5.65 Å². The second kappa shape index (κ2) is 7.76. The van der Waals surface area contributed by atoms with Crippen LogP contribution in [0.3, 0.4) is 0 Å². The maximum atomic E-state index is 14.7. The molecule has 7 nitrogen and oxygen atoms in total. The lowest BCUT2D eigenvalue weighted by molar-refractivity contribution is 0.533. The van der Waals surface area contributed by atoms with E-state index in [4.69, 9.17) is 10.7 Å². The van der Waals surface area contributed by atoms with Gasteiger partial charge in [-0.15, -0.1) is 0 Å². The third-order valence-corrected chi connectivity index (χ3v) is 8.06. The molecule has 0 unspecified atom stereocenters. The average molecular weight is 484 g/mol. The number of aromatic amines is 1. The van der Waals surface area contributed by atoms with Crippen molar-refractivity contribution in [1.29, 1.82) is 0 Å². The number of halogens is 2. The molecule has 4 heterocycles. The van der Waals surface area contributed by atoms with Gasteiger partial charge >= 0.3 is 0 Å². The van der Waals surface area contributed by atoms with Crippen LogP contribution in [0.1, 0.15) is 12.0 Å². The van der Waals surface area contributed by atoms with Gasteiger partial charge in [0.1, 0.15) is 28.5 Å². The van der Waals surface area contributed by atoms with E-state index < -0.39 is 5.82 Å². The Bertz CT molecular complexity index is 1630. The highest BCUT2D eigenvalue weighted by Gasteiger charge is 2.66. The zero-order valence-electron chi connectivity index (χ0n) is 19.3. The number of pyridine rings is 1. The van der Waals surface area contributed by atoms with E-state index in [1.165, 1.54) is 12.1 Å². The van der Waals surface area contributed by atoms with Crippen molar-refractivity contribution in [2.45, 2.75) is 11.8 Å². The smallest absolute Gasteiger partial charge is 0.202 e. The first-order valence-electron chi connectivity index (χ1n) is 12.1. The zero-order valence-corrected chi connectivity index (χ0v) is 19.3. The molecule has 0 radical (unpaired) electrons. The molecular formula is C27H23F2N7. The number of fused-ring (bicyclic) bond motifs is 3. The molecule has 3 N–H and O–H groups in total. The molecule has 1 saturated heterocycles. The molecule has 1 aliphatic heterocycles. The highest BCUT2D eigenvalue weighted by atomic mass is 19.1. The van der Waals surface area contributed by atoms with Gasteiger partial charge < -0.3 is 10.6 Å². The van der Waals surface area contributed by atoms with E-state index in [-0.39, 0.29) is 17.2 Å². The van der Waals surface area contributed by atoms with Gasteiger partial charge in [-0.1, -0.05) is 24.3 Å².